The van der Waals surface area contributed by atoms with Crippen LogP contribution in [-0.4, -0.2) is 42.8 Å². The molecule has 1 aromatic carbocycles. The van der Waals surface area contributed by atoms with Crippen LogP contribution < -0.4 is 14.8 Å². The third-order valence-electron chi connectivity index (χ3n) is 3.26. The van der Waals surface area contributed by atoms with Crippen LogP contribution in [0.25, 0.3) is 0 Å². The third kappa shape index (κ3) is 8.70. The molecule has 1 aromatic rings. The van der Waals surface area contributed by atoms with Gasteiger partial charge in [0.15, 0.2) is 0 Å². The van der Waals surface area contributed by atoms with Crippen molar-refractivity contribution in [3.05, 3.63) is 24.3 Å². The molecule has 1 amide bonds. The lowest BCUT2D eigenvalue weighted by Gasteiger charge is -2.25. The molecule has 3 N–H and O–H groups in total. The molecule has 9 heteroatoms. The summed E-state index contributed by atoms with van der Waals surface area (Å²) in [6, 6.07) is 6.35. The Balaban J connectivity index is 2.62. The molecule has 1 rings (SSSR count). The molecule has 0 fully saturated rings. The van der Waals surface area contributed by atoms with Gasteiger partial charge in [-0.1, -0.05) is 0 Å². The average molecular weight is 386 g/mol. The van der Waals surface area contributed by atoms with Gasteiger partial charge in [-0.15, -0.1) is 0 Å². The lowest BCUT2D eigenvalue weighted by Crippen LogP contribution is -2.46. The molecule has 0 saturated heterocycles. The highest BCUT2D eigenvalue weighted by molar-refractivity contribution is 7.93. The predicted octanol–water partition coefficient (Wildman–Crippen LogP) is 1.98. The number of rotatable bonds is 10. The molecule has 0 bridgehead atoms. The van der Waals surface area contributed by atoms with Gasteiger partial charge in [-0.25, -0.2) is 8.42 Å². The second kappa shape index (κ2) is 8.88. The van der Waals surface area contributed by atoms with Gasteiger partial charge in [-0.3, -0.25) is 14.3 Å². The first-order valence-corrected chi connectivity index (χ1v) is 9.84. The summed E-state index contributed by atoms with van der Waals surface area (Å²) in [7, 11) is -3.89. The SMILES string of the molecule is CC(C)Oc1ccc(NS(=O)(=O)CC(=O)NC(C)(C)CCC(=O)O)cc1. The zero-order valence-electron chi connectivity index (χ0n) is 15.4. The van der Waals surface area contributed by atoms with Crippen LogP contribution in [0.1, 0.15) is 40.5 Å². The first-order valence-electron chi connectivity index (χ1n) is 8.18. The number of anilines is 1. The monoisotopic (exact) mass is 386 g/mol. The van der Waals surface area contributed by atoms with Crippen molar-refractivity contribution in [2.24, 2.45) is 0 Å². The van der Waals surface area contributed by atoms with Gasteiger partial charge < -0.3 is 15.2 Å². The summed E-state index contributed by atoms with van der Waals surface area (Å²) in [6.07, 6.45) is 0.0767. The number of hydrogen-bond donors (Lipinski definition) is 3. The van der Waals surface area contributed by atoms with Crippen molar-refractivity contribution in [1.82, 2.24) is 5.32 Å². The lowest BCUT2D eigenvalue weighted by molar-refractivity contribution is -0.137. The van der Waals surface area contributed by atoms with Gasteiger partial charge in [-0.2, -0.15) is 0 Å². The summed E-state index contributed by atoms with van der Waals surface area (Å²) in [5.74, 6) is -1.83. The Labute approximate surface area is 154 Å². The molecule has 146 valence electrons. The number of benzene rings is 1. The largest absolute Gasteiger partial charge is 0.491 e. The lowest BCUT2D eigenvalue weighted by atomic mass is 9.98. The number of aliphatic carboxylic acids is 1. The van der Waals surface area contributed by atoms with E-state index in [0.29, 0.717) is 11.4 Å². The number of carbonyl (C=O) groups is 2. The molecule has 26 heavy (non-hydrogen) atoms. The Morgan fingerprint density at radius 2 is 1.77 bits per heavy atom. The number of carbonyl (C=O) groups excluding carboxylic acids is 1. The normalized spacial score (nSPS) is 11.9. The van der Waals surface area contributed by atoms with Crippen LogP contribution in [0.3, 0.4) is 0 Å². The van der Waals surface area contributed by atoms with Crippen LogP contribution in [0.2, 0.25) is 0 Å². The van der Waals surface area contributed by atoms with E-state index in [4.69, 9.17) is 9.84 Å². The Morgan fingerprint density at radius 3 is 2.27 bits per heavy atom. The number of ether oxygens (including phenoxy) is 1. The number of carboxylic acid groups (broad SMARTS) is 1. The maximum atomic E-state index is 12.1. The number of hydrogen-bond acceptors (Lipinski definition) is 5. The van der Waals surface area contributed by atoms with E-state index >= 15 is 0 Å². The highest BCUT2D eigenvalue weighted by Gasteiger charge is 2.24. The summed E-state index contributed by atoms with van der Waals surface area (Å²) in [4.78, 5) is 22.6. The second-order valence-electron chi connectivity index (χ2n) is 6.88. The van der Waals surface area contributed by atoms with E-state index in [9.17, 15) is 18.0 Å². The molecule has 0 radical (unpaired) electrons. The highest BCUT2D eigenvalue weighted by atomic mass is 32.2. The van der Waals surface area contributed by atoms with Crippen molar-refractivity contribution in [2.45, 2.75) is 52.2 Å². The Hall–Kier alpha value is -2.29. The van der Waals surface area contributed by atoms with Crippen LogP contribution in [0.5, 0.6) is 5.75 Å². The fourth-order valence-corrected chi connectivity index (χ4v) is 3.14. The molecule has 0 unspecified atom stereocenters. The standard InChI is InChI=1S/C17H26N2O6S/c1-12(2)25-14-7-5-13(6-8-14)19-26(23,24)11-15(20)18-17(3,4)10-9-16(21)22/h5-8,12,19H,9-11H2,1-4H3,(H,18,20)(H,21,22). The van der Waals surface area contributed by atoms with Crippen LogP contribution in [-0.2, 0) is 19.6 Å². The van der Waals surface area contributed by atoms with Gasteiger partial charge in [0.1, 0.15) is 11.5 Å². The van der Waals surface area contributed by atoms with Crippen molar-refractivity contribution >= 4 is 27.6 Å². The summed E-state index contributed by atoms with van der Waals surface area (Å²) >= 11 is 0. The minimum atomic E-state index is -3.89. The molecule has 0 heterocycles. The highest BCUT2D eigenvalue weighted by Crippen LogP contribution is 2.18. The Bertz CT molecular complexity index is 726. The number of carboxylic acids is 1. The van der Waals surface area contributed by atoms with E-state index in [1.54, 1.807) is 38.1 Å². The van der Waals surface area contributed by atoms with E-state index in [1.165, 1.54) is 0 Å². The molecule has 0 aliphatic rings. The zero-order chi connectivity index (χ0) is 20.0. The van der Waals surface area contributed by atoms with Crippen molar-refractivity contribution in [3.63, 3.8) is 0 Å². The molecular formula is C17H26N2O6S. The van der Waals surface area contributed by atoms with Crippen molar-refractivity contribution in [1.29, 1.82) is 0 Å². The van der Waals surface area contributed by atoms with Gasteiger partial charge >= 0.3 is 5.97 Å². The van der Waals surface area contributed by atoms with E-state index in [0.717, 1.165) is 0 Å². The molecule has 0 saturated carbocycles. The van der Waals surface area contributed by atoms with Crippen molar-refractivity contribution < 1.29 is 27.9 Å². The fourth-order valence-electron chi connectivity index (χ4n) is 2.16. The smallest absolute Gasteiger partial charge is 0.303 e. The van der Waals surface area contributed by atoms with Gasteiger partial charge in [0.25, 0.3) is 0 Å². The van der Waals surface area contributed by atoms with Crippen LogP contribution in [0.4, 0.5) is 5.69 Å². The van der Waals surface area contributed by atoms with Crippen LogP contribution in [0.15, 0.2) is 24.3 Å². The topological polar surface area (TPSA) is 122 Å². The van der Waals surface area contributed by atoms with Gasteiger partial charge in [0, 0.05) is 17.6 Å². The first-order chi connectivity index (χ1) is 11.9. The molecule has 8 nitrogen and oxygen atoms in total. The van der Waals surface area contributed by atoms with E-state index in [-0.39, 0.29) is 18.9 Å². The van der Waals surface area contributed by atoms with Gasteiger partial charge in [-0.05, 0) is 58.4 Å². The number of amides is 1. The van der Waals surface area contributed by atoms with E-state index in [1.807, 2.05) is 13.8 Å². The maximum absolute atomic E-state index is 12.1. The third-order valence-corrected chi connectivity index (χ3v) is 4.45. The van der Waals surface area contributed by atoms with Gasteiger partial charge in [0.05, 0.1) is 6.10 Å². The Kier molecular flexibility index (Phi) is 7.43. The van der Waals surface area contributed by atoms with Crippen molar-refractivity contribution in [2.75, 3.05) is 10.5 Å². The van der Waals surface area contributed by atoms with Gasteiger partial charge in [0.2, 0.25) is 15.9 Å². The maximum Gasteiger partial charge on any atom is 0.303 e. The predicted molar refractivity (Wildman–Crippen MR) is 98.7 cm³/mol. The minimum absolute atomic E-state index is 0.00530. The van der Waals surface area contributed by atoms with Crippen molar-refractivity contribution in [3.8, 4) is 5.75 Å². The quantitative estimate of drug-likeness (QED) is 0.565. The minimum Gasteiger partial charge on any atom is -0.491 e. The molecule has 0 atom stereocenters. The molecule has 0 aliphatic carbocycles. The summed E-state index contributed by atoms with van der Waals surface area (Å²) < 4.78 is 32.1. The second-order valence-corrected chi connectivity index (χ2v) is 8.60. The molecule has 0 aliphatic heterocycles. The summed E-state index contributed by atoms with van der Waals surface area (Å²) in [6.45, 7) is 7.04. The molecule has 0 aromatic heterocycles. The average Bonchev–Trinajstić information content (AvgIpc) is 2.45. The number of nitrogens with one attached hydrogen (secondary N) is 2. The van der Waals surface area contributed by atoms with Crippen LogP contribution in [0, 0.1) is 0 Å². The number of sulfonamides is 1. The molecular weight excluding hydrogens is 360 g/mol. The summed E-state index contributed by atoms with van der Waals surface area (Å²) in [5, 5.41) is 11.2. The summed E-state index contributed by atoms with van der Waals surface area (Å²) in [5.41, 5.74) is -0.500. The molecule has 0 spiro atoms. The van der Waals surface area contributed by atoms with Crippen LogP contribution >= 0.6 is 0 Å². The van der Waals surface area contributed by atoms with E-state index in [2.05, 4.69) is 10.0 Å². The Morgan fingerprint density at radius 1 is 1.19 bits per heavy atom. The fraction of sp³-hybridized carbons (Fsp3) is 0.529. The first kappa shape index (κ1) is 21.8. The van der Waals surface area contributed by atoms with E-state index < -0.39 is 33.2 Å². The zero-order valence-corrected chi connectivity index (χ0v) is 16.2.